The molecule has 2 unspecified atom stereocenters. The van der Waals surface area contributed by atoms with E-state index in [0.717, 1.165) is 49.9 Å². The lowest BCUT2D eigenvalue weighted by atomic mass is 9.59. The van der Waals surface area contributed by atoms with Crippen molar-refractivity contribution < 1.29 is 9.90 Å². The highest BCUT2D eigenvalue weighted by molar-refractivity contribution is 5.89. The number of fused-ring (bicyclic) bond motifs is 1. The Kier molecular flexibility index (Phi) is 5.45. The highest BCUT2D eigenvalue weighted by Gasteiger charge is 2.55. The van der Waals surface area contributed by atoms with Crippen LogP contribution < -0.4 is 0 Å². The lowest BCUT2D eigenvalue weighted by molar-refractivity contribution is -0.132. The van der Waals surface area contributed by atoms with E-state index < -0.39 is 0 Å². The molecule has 3 fully saturated rings. The number of hydrogen-bond acceptors (Lipinski definition) is 2. The number of aliphatic hydroxyl groups is 1. The van der Waals surface area contributed by atoms with Crippen molar-refractivity contribution in [3.8, 4) is 0 Å². The fourth-order valence-corrected chi connectivity index (χ4v) is 6.45. The fraction of sp³-hybridized carbons (Fsp3) is 0.955. The van der Waals surface area contributed by atoms with Crippen LogP contribution in [0.3, 0.4) is 0 Å². The van der Waals surface area contributed by atoms with Crippen LogP contribution in [0.4, 0.5) is 0 Å². The SMILES string of the molecule is CCC1C[C@H]2[C@H](CCC3C[C@H](O)CC[C@H]3C)[C@@H](C)CC[C@]2(C)C1=O. The van der Waals surface area contributed by atoms with Gasteiger partial charge in [0.25, 0.3) is 0 Å². The number of carbonyl (C=O) groups excluding carboxylic acids is 1. The lowest BCUT2D eigenvalue weighted by Gasteiger charge is -2.45. The molecule has 24 heavy (non-hydrogen) atoms. The van der Waals surface area contributed by atoms with Crippen molar-refractivity contribution in [3.05, 3.63) is 0 Å². The summed E-state index contributed by atoms with van der Waals surface area (Å²) in [5.74, 6) is 4.44. The van der Waals surface area contributed by atoms with Crippen LogP contribution >= 0.6 is 0 Å². The molecule has 0 aromatic heterocycles. The molecule has 0 heterocycles. The summed E-state index contributed by atoms with van der Waals surface area (Å²) in [6, 6.07) is 0. The first kappa shape index (κ1) is 18.4. The van der Waals surface area contributed by atoms with Crippen molar-refractivity contribution in [1.82, 2.24) is 0 Å². The second kappa shape index (κ2) is 7.09. The predicted octanol–water partition coefficient (Wildman–Crippen LogP) is 5.23. The molecule has 0 saturated heterocycles. The van der Waals surface area contributed by atoms with Crippen molar-refractivity contribution in [2.45, 2.75) is 91.6 Å². The smallest absolute Gasteiger partial charge is 0.142 e. The number of carbonyl (C=O) groups is 1. The second-order valence-electron chi connectivity index (χ2n) is 9.69. The molecule has 1 N–H and O–H groups in total. The van der Waals surface area contributed by atoms with Gasteiger partial charge in [0, 0.05) is 11.3 Å². The van der Waals surface area contributed by atoms with Crippen molar-refractivity contribution in [2.24, 2.45) is 40.9 Å². The van der Waals surface area contributed by atoms with E-state index in [1.807, 2.05) is 0 Å². The lowest BCUT2D eigenvalue weighted by Crippen LogP contribution is -2.41. The van der Waals surface area contributed by atoms with Gasteiger partial charge >= 0.3 is 0 Å². The van der Waals surface area contributed by atoms with Crippen LogP contribution in [0.1, 0.15) is 85.5 Å². The second-order valence-corrected chi connectivity index (χ2v) is 9.69. The Morgan fingerprint density at radius 3 is 2.54 bits per heavy atom. The quantitative estimate of drug-likeness (QED) is 0.764. The fourth-order valence-electron chi connectivity index (χ4n) is 6.45. The van der Waals surface area contributed by atoms with Gasteiger partial charge in [0.1, 0.15) is 5.78 Å². The molecular formula is C22H38O2. The first-order valence-electron chi connectivity index (χ1n) is 10.6. The highest BCUT2D eigenvalue weighted by atomic mass is 16.3. The van der Waals surface area contributed by atoms with Crippen molar-refractivity contribution >= 4 is 5.78 Å². The number of ketones is 1. The van der Waals surface area contributed by atoms with Gasteiger partial charge < -0.3 is 5.11 Å². The van der Waals surface area contributed by atoms with Crippen molar-refractivity contribution in [3.63, 3.8) is 0 Å². The average molecular weight is 335 g/mol. The van der Waals surface area contributed by atoms with Gasteiger partial charge in [-0.1, -0.05) is 27.7 Å². The third-order valence-electron chi connectivity index (χ3n) is 8.36. The van der Waals surface area contributed by atoms with Gasteiger partial charge in [0.2, 0.25) is 0 Å². The minimum absolute atomic E-state index is 0.0322. The number of hydrogen-bond donors (Lipinski definition) is 1. The van der Waals surface area contributed by atoms with E-state index in [-0.39, 0.29) is 11.5 Å². The third-order valence-corrected chi connectivity index (χ3v) is 8.36. The minimum Gasteiger partial charge on any atom is -0.393 e. The summed E-state index contributed by atoms with van der Waals surface area (Å²) in [5.41, 5.74) is -0.0322. The molecule has 0 bridgehead atoms. The zero-order chi connectivity index (χ0) is 17.5. The van der Waals surface area contributed by atoms with E-state index in [9.17, 15) is 9.90 Å². The summed E-state index contributed by atoms with van der Waals surface area (Å²) < 4.78 is 0. The van der Waals surface area contributed by atoms with E-state index >= 15 is 0 Å². The summed E-state index contributed by atoms with van der Waals surface area (Å²) in [6.45, 7) is 9.26. The van der Waals surface area contributed by atoms with E-state index in [1.54, 1.807) is 0 Å². The number of aliphatic hydroxyl groups excluding tert-OH is 1. The molecule has 3 saturated carbocycles. The molecule has 0 spiro atoms. The van der Waals surface area contributed by atoms with Gasteiger partial charge in [-0.25, -0.2) is 0 Å². The summed E-state index contributed by atoms with van der Waals surface area (Å²) in [6.07, 6.45) is 10.1. The molecule has 2 heteroatoms. The van der Waals surface area contributed by atoms with Crippen LogP contribution in [0.2, 0.25) is 0 Å². The number of rotatable bonds is 4. The summed E-state index contributed by atoms with van der Waals surface area (Å²) in [4.78, 5) is 12.9. The molecule has 0 aromatic rings. The maximum absolute atomic E-state index is 12.9. The van der Waals surface area contributed by atoms with Gasteiger partial charge in [-0.3, -0.25) is 4.79 Å². The zero-order valence-corrected chi connectivity index (χ0v) is 16.3. The first-order valence-corrected chi connectivity index (χ1v) is 10.6. The summed E-state index contributed by atoms with van der Waals surface area (Å²) in [5, 5.41) is 10.0. The largest absolute Gasteiger partial charge is 0.393 e. The summed E-state index contributed by atoms with van der Waals surface area (Å²) >= 11 is 0. The molecule has 0 aromatic carbocycles. The van der Waals surface area contributed by atoms with E-state index in [4.69, 9.17) is 0 Å². The van der Waals surface area contributed by atoms with Gasteiger partial charge in [0.05, 0.1) is 6.10 Å². The van der Waals surface area contributed by atoms with Gasteiger partial charge in [0.15, 0.2) is 0 Å². The molecule has 0 aliphatic heterocycles. The Morgan fingerprint density at radius 1 is 1.08 bits per heavy atom. The van der Waals surface area contributed by atoms with Crippen LogP contribution in [0.5, 0.6) is 0 Å². The normalized spacial score (nSPS) is 49.2. The van der Waals surface area contributed by atoms with Crippen LogP contribution in [0.15, 0.2) is 0 Å². The molecule has 0 radical (unpaired) electrons. The maximum Gasteiger partial charge on any atom is 0.142 e. The minimum atomic E-state index is -0.0715. The highest BCUT2D eigenvalue weighted by Crippen LogP contribution is 2.57. The predicted molar refractivity (Wildman–Crippen MR) is 98.6 cm³/mol. The van der Waals surface area contributed by atoms with Crippen LogP contribution in [-0.4, -0.2) is 17.0 Å². The Hall–Kier alpha value is -0.370. The van der Waals surface area contributed by atoms with E-state index in [0.29, 0.717) is 23.5 Å². The molecular weight excluding hydrogens is 296 g/mol. The maximum atomic E-state index is 12.9. The molecule has 3 rings (SSSR count). The van der Waals surface area contributed by atoms with Crippen molar-refractivity contribution in [2.75, 3.05) is 0 Å². The van der Waals surface area contributed by atoms with Gasteiger partial charge in [-0.2, -0.15) is 0 Å². The molecule has 3 aliphatic rings. The standard InChI is InChI=1S/C22H38O2/c1-5-16-13-20-19(15(3)10-11-22(20,4)21(16)24)9-7-17-12-18(23)8-6-14(17)2/h14-20,23H,5-13H2,1-4H3/t14-,15+,16?,17?,18-,19-,20+,22+/m1/s1. The molecule has 138 valence electrons. The molecule has 8 atom stereocenters. The van der Waals surface area contributed by atoms with Crippen LogP contribution in [-0.2, 0) is 4.79 Å². The Labute approximate surface area is 148 Å². The van der Waals surface area contributed by atoms with Gasteiger partial charge in [-0.05, 0) is 87.4 Å². The van der Waals surface area contributed by atoms with Gasteiger partial charge in [-0.15, -0.1) is 0 Å². The van der Waals surface area contributed by atoms with Crippen LogP contribution in [0.25, 0.3) is 0 Å². The molecule has 3 aliphatic carbocycles. The monoisotopic (exact) mass is 334 g/mol. The summed E-state index contributed by atoms with van der Waals surface area (Å²) in [7, 11) is 0. The number of Topliss-reactive ketones (excluding diaryl/α,β-unsaturated/α-hetero) is 1. The Bertz CT molecular complexity index is 459. The van der Waals surface area contributed by atoms with Crippen LogP contribution in [0, 0.1) is 40.9 Å². The molecule has 2 nitrogen and oxygen atoms in total. The Morgan fingerprint density at radius 2 is 1.83 bits per heavy atom. The third kappa shape index (κ3) is 3.20. The Balaban J connectivity index is 1.68. The topological polar surface area (TPSA) is 37.3 Å². The molecule has 0 amide bonds. The zero-order valence-electron chi connectivity index (χ0n) is 16.3. The first-order chi connectivity index (χ1) is 11.4. The van der Waals surface area contributed by atoms with Crippen molar-refractivity contribution in [1.29, 1.82) is 0 Å². The average Bonchev–Trinajstić information content (AvgIpc) is 2.82. The van der Waals surface area contributed by atoms with E-state index in [2.05, 4.69) is 27.7 Å². The van der Waals surface area contributed by atoms with E-state index in [1.165, 1.54) is 25.7 Å².